The fourth-order valence-electron chi connectivity index (χ4n) is 5.99. The van der Waals surface area contributed by atoms with Crippen LogP contribution in [0.3, 0.4) is 0 Å². The molecular formula is C16H19NO4. The summed E-state index contributed by atoms with van der Waals surface area (Å²) in [6, 6.07) is 0.348. The van der Waals surface area contributed by atoms with E-state index < -0.39 is 5.79 Å². The third kappa shape index (κ3) is 1.09. The van der Waals surface area contributed by atoms with E-state index >= 15 is 0 Å². The number of piperidine rings is 1. The van der Waals surface area contributed by atoms with Gasteiger partial charge in [0.1, 0.15) is 0 Å². The van der Waals surface area contributed by atoms with Crippen LogP contribution in [-0.2, 0) is 19.1 Å². The van der Waals surface area contributed by atoms with Crippen molar-refractivity contribution in [3.63, 3.8) is 0 Å². The first kappa shape index (κ1) is 12.4. The highest BCUT2D eigenvalue weighted by molar-refractivity contribution is 5.87. The number of hydrogen-bond acceptors (Lipinski definition) is 5. The Labute approximate surface area is 123 Å². The Morgan fingerprint density at radius 2 is 2.29 bits per heavy atom. The molecule has 1 spiro atoms. The molecule has 5 bridgehead atoms. The number of ether oxygens (including phenoxy) is 2. The highest BCUT2D eigenvalue weighted by Crippen LogP contribution is 2.70. The molecule has 0 N–H and O–H groups in total. The lowest BCUT2D eigenvalue weighted by Gasteiger charge is -2.47. The van der Waals surface area contributed by atoms with Gasteiger partial charge in [0, 0.05) is 12.6 Å². The summed E-state index contributed by atoms with van der Waals surface area (Å²) in [6.45, 7) is 4.55. The quantitative estimate of drug-likeness (QED) is 0.558. The lowest BCUT2D eigenvalue weighted by molar-refractivity contribution is -0.258. The van der Waals surface area contributed by atoms with Gasteiger partial charge in [0.15, 0.2) is 5.78 Å². The largest absolute Gasteiger partial charge is 0.432 e. The molecule has 0 aromatic rings. The molecule has 21 heavy (non-hydrogen) atoms. The molecule has 112 valence electrons. The molecule has 0 amide bonds. The van der Waals surface area contributed by atoms with E-state index in [9.17, 15) is 9.59 Å². The van der Waals surface area contributed by atoms with Crippen LogP contribution in [0, 0.1) is 17.8 Å². The molecule has 5 heterocycles. The maximum Gasteiger partial charge on any atom is 0.311 e. The van der Waals surface area contributed by atoms with Gasteiger partial charge in [-0.3, -0.25) is 14.5 Å². The van der Waals surface area contributed by atoms with Crippen molar-refractivity contribution >= 4 is 11.8 Å². The minimum atomic E-state index is -0.724. The first-order valence-corrected chi connectivity index (χ1v) is 7.88. The number of ketones is 1. The molecule has 5 heteroatoms. The summed E-state index contributed by atoms with van der Waals surface area (Å²) in [5.74, 6) is -0.559. The molecule has 5 aliphatic heterocycles. The number of allylic oxidation sites excluding steroid dienone is 1. The predicted octanol–water partition coefficient (Wildman–Crippen LogP) is 0.882. The summed E-state index contributed by atoms with van der Waals surface area (Å²) in [7, 11) is 0. The zero-order chi connectivity index (χ0) is 14.6. The Bertz CT molecular complexity index is 601. The van der Waals surface area contributed by atoms with Gasteiger partial charge in [0.25, 0.3) is 0 Å². The molecule has 5 aliphatic rings. The Kier molecular flexibility index (Phi) is 2.01. The molecule has 5 fully saturated rings. The zero-order valence-electron chi connectivity index (χ0n) is 12.2. The van der Waals surface area contributed by atoms with E-state index in [0.717, 1.165) is 19.4 Å². The number of rotatable bonds is 2. The molecule has 5 saturated heterocycles. The fraction of sp³-hybridized carbons (Fsp3) is 0.750. The van der Waals surface area contributed by atoms with Crippen molar-refractivity contribution in [2.45, 2.75) is 50.2 Å². The van der Waals surface area contributed by atoms with E-state index in [-0.39, 0.29) is 41.1 Å². The molecule has 0 saturated carbocycles. The maximum atomic E-state index is 12.1. The van der Waals surface area contributed by atoms with Crippen LogP contribution < -0.4 is 0 Å². The topological polar surface area (TPSA) is 55.8 Å². The second-order valence-electron chi connectivity index (χ2n) is 7.23. The first-order valence-electron chi connectivity index (χ1n) is 7.88. The Morgan fingerprint density at radius 3 is 3.05 bits per heavy atom. The number of nitrogens with zero attached hydrogens (tertiary/aromatic N) is 1. The number of hydrogen-bond donors (Lipinski definition) is 0. The molecule has 0 aromatic carbocycles. The first-order chi connectivity index (χ1) is 10.0. The van der Waals surface area contributed by atoms with Gasteiger partial charge >= 0.3 is 5.97 Å². The predicted molar refractivity (Wildman–Crippen MR) is 72.1 cm³/mol. The molecule has 5 rings (SSSR count). The van der Waals surface area contributed by atoms with Gasteiger partial charge in [0.2, 0.25) is 5.79 Å². The number of carbonyl (C=O) groups is 2. The van der Waals surface area contributed by atoms with Crippen LogP contribution in [0.25, 0.3) is 0 Å². The van der Waals surface area contributed by atoms with Crippen molar-refractivity contribution in [1.29, 1.82) is 0 Å². The molecule has 8 atom stereocenters. The number of fused-ring (bicyclic) bond motifs is 1. The average Bonchev–Trinajstić information content (AvgIpc) is 3.04. The van der Waals surface area contributed by atoms with E-state index in [0.29, 0.717) is 6.04 Å². The van der Waals surface area contributed by atoms with Crippen LogP contribution in [-0.4, -0.2) is 46.7 Å². The lowest BCUT2D eigenvalue weighted by atomic mass is 9.71. The van der Waals surface area contributed by atoms with Crippen LogP contribution >= 0.6 is 0 Å². The summed E-state index contributed by atoms with van der Waals surface area (Å²) < 4.78 is 12.1. The van der Waals surface area contributed by atoms with Gasteiger partial charge in [-0.05, 0) is 25.8 Å². The van der Waals surface area contributed by atoms with Gasteiger partial charge in [-0.1, -0.05) is 13.0 Å². The van der Waals surface area contributed by atoms with Crippen LogP contribution in [0.15, 0.2) is 12.2 Å². The van der Waals surface area contributed by atoms with Gasteiger partial charge in [-0.15, -0.1) is 0 Å². The number of carbonyl (C=O) groups excluding carboxylic acids is 2. The summed E-state index contributed by atoms with van der Waals surface area (Å²) >= 11 is 0. The summed E-state index contributed by atoms with van der Waals surface area (Å²) in [5.41, 5.74) is -0.225. The summed E-state index contributed by atoms with van der Waals surface area (Å²) in [4.78, 5) is 26.0. The van der Waals surface area contributed by atoms with Crippen LogP contribution in [0.5, 0.6) is 0 Å². The van der Waals surface area contributed by atoms with Gasteiger partial charge in [0.05, 0.1) is 29.4 Å². The average molecular weight is 289 g/mol. The van der Waals surface area contributed by atoms with Crippen molar-refractivity contribution < 1.29 is 19.1 Å². The van der Waals surface area contributed by atoms with Crippen LogP contribution in [0.1, 0.15) is 26.7 Å². The number of esters is 1. The van der Waals surface area contributed by atoms with Crippen molar-refractivity contribution in [3.8, 4) is 0 Å². The summed E-state index contributed by atoms with van der Waals surface area (Å²) in [5, 5.41) is 0. The van der Waals surface area contributed by atoms with E-state index in [1.54, 1.807) is 13.0 Å². The highest BCUT2D eigenvalue weighted by atomic mass is 16.7. The van der Waals surface area contributed by atoms with Gasteiger partial charge in [-0.2, -0.15) is 0 Å². The molecule has 5 nitrogen and oxygen atoms in total. The van der Waals surface area contributed by atoms with Crippen LogP contribution in [0.4, 0.5) is 0 Å². The second kappa shape index (κ2) is 3.41. The van der Waals surface area contributed by atoms with Crippen molar-refractivity contribution in [2.75, 3.05) is 6.54 Å². The monoisotopic (exact) mass is 289 g/mol. The van der Waals surface area contributed by atoms with Crippen molar-refractivity contribution in [3.05, 3.63) is 12.2 Å². The SMILES string of the molecule is CC(=O)/C=C/[C@@]12[C@@H]3C[C@H]4[C@H]5[C@H](C)C(=O)O[C@]5(O3)[C@@H]1CCN42. The molecule has 0 radical (unpaired) electrons. The maximum absolute atomic E-state index is 12.1. The van der Waals surface area contributed by atoms with Gasteiger partial charge in [-0.25, -0.2) is 0 Å². The molecule has 0 aromatic heterocycles. The molecule has 1 unspecified atom stereocenters. The second-order valence-corrected chi connectivity index (χ2v) is 7.23. The van der Waals surface area contributed by atoms with E-state index in [1.165, 1.54) is 0 Å². The third-order valence-corrected chi connectivity index (χ3v) is 6.53. The minimum Gasteiger partial charge on any atom is -0.432 e. The Balaban J connectivity index is 1.68. The molecule has 0 aliphatic carbocycles. The lowest BCUT2D eigenvalue weighted by Crippen LogP contribution is -2.60. The van der Waals surface area contributed by atoms with Crippen LogP contribution in [0.2, 0.25) is 0 Å². The van der Waals surface area contributed by atoms with Gasteiger partial charge < -0.3 is 9.47 Å². The van der Waals surface area contributed by atoms with E-state index in [1.807, 2.05) is 13.0 Å². The standard InChI is InChI=1S/C16H19NO4/c1-8(18)3-5-15-11-4-6-17(15)10-7-12(15)20-16(11)13(10)9(2)14(19)21-16/h3,5,9-13H,4,6-7H2,1-2H3/b5-3+/t9-,10-,11+,12-,13+,15-,16+/m0/s1. The minimum absolute atomic E-state index is 0.0555. The van der Waals surface area contributed by atoms with Crippen molar-refractivity contribution in [2.24, 2.45) is 17.8 Å². The third-order valence-electron chi connectivity index (χ3n) is 6.53. The molecular weight excluding hydrogens is 270 g/mol. The van der Waals surface area contributed by atoms with E-state index in [4.69, 9.17) is 9.47 Å². The highest BCUT2D eigenvalue weighted by Gasteiger charge is 2.84. The fourth-order valence-corrected chi connectivity index (χ4v) is 5.99. The summed E-state index contributed by atoms with van der Waals surface area (Å²) in [6.07, 6.45) is 5.70. The van der Waals surface area contributed by atoms with E-state index in [2.05, 4.69) is 4.90 Å². The Morgan fingerprint density at radius 1 is 1.48 bits per heavy atom. The normalized spacial score (nSPS) is 59.0. The Hall–Kier alpha value is -1.20. The smallest absolute Gasteiger partial charge is 0.311 e. The zero-order valence-corrected chi connectivity index (χ0v) is 12.2. The van der Waals surface area contributed by atoms with Crippen molar-refractivity contribution in [1.82, 2.24) is 4.90 Å².